The zero-order valence-corrected chi connectivity index (χ0v) is 9.25. The highest BCUT2D eigenvalue weighted by Crippen LogP contribution is 2.33. The Hall–Kier alpha value is -1.15. The lowest BCUT2D eigenvalue weighted by atomic mass is 9.75. The number of Topliss-reactive ketones (excluding diaryl/α,β-unsaturated/α-hetero) is 1. The van der Waals surface area contributed by atoms with Crippen LogP contribution in [0.1, 0.15) is 25.0 Å². The molecule has 1 saturated heterocycles. The summed E-state index contributed by atoms with van der Waals surface area (Å²) in [5.41, 5.74) is 2.04. The van der Waals surface area contributed by atoms with Crippen molar-refractivity contribution >= 4 is 5.78 Å². The minimum atomic E-state index is -0.355. The van der Waals surface area contributed by atoms with Gasteiger partial charge in [0.15, 0.2) is 0 Å². The van der Waals surface area contributed by atoms with Crippen LogP contribution in [0.15, 0.2) is 24.3 Å². The Morgan fingerprint density at radius 3 is 2.27 bits per heavy atom. The van der Waals surface area contributed by atoms with Crippen molar-refractivity contribution < 1.29 is 9.53 Å². The molecule has 0 N–H and O–H groups in total. The quantitative estimate of drug-likeness (QED) is 0.753. The maximum absolute atomic E-state index is 11.6. The summed E-state index contributed by atoms with van der Waals surface area (Å²) in [6, 6.07) is 8.31. The summed E-state index contributed by atoms with van der Waals surface area (Å²) in [5, 5.41) is 0. The highest BCUT2D eigenvalue weighted by atomic mass is 16.5. The summed E-state index contributed by atoms with van der Waals surface area (Å²) in [7, 11) is 0. The summed E-state index contributed by atoms with van der Waals surface area (Å²) < 4.78 is 5.19. The van der Waals surface area contributed by atoms with Crippen LogP contribution in [0.3, 0.4) is 0 Å². The lowest BCUT2D eigenvalue weighted by Gasteiger charge is -2.39. The number of hydrogen-bond donors (Lipinski definition) is 0. The van der Waals surface area contributed by atoms with Gasteiger partial charge in [0, 0.05) is 0 Å². The van der Waals surface area contributed by atoms with Gasteiger partial charge in [-0.05, 0) is 24.5 Å². The molecule has 0 radical (unpaired) electrons. The molecule has 0 atom stereocenters. The molecule has 1 aromatic rings. The Morgan fingerprint density at radius 2 is 1.93 bits per heavy atom. The first-order valence-electron chi connectivity index (χ1n) is 5.37. The van der Waals surface area contributed by atoms with E-state index in [0.29, 0.717) is 13.2 Å². The first kappa shape index (κ1) is 10.4. The molecule has 0 amide bonds. The molecule has 2 rings (SSSR count). The molecule has 1 fully saturated rings. The molecule has 0 saturated carbocycles. The number of rotatable bonds is 3. The van der Waals surface area contributed by atoms with E-state index in [2.05, 4.69) is 31.2 Å². The van der Waals surface area contributed by atoms with Gasteiger partial charge in [-0.15, -0.1) is 0 Å². The minimum Gasteiger partial charge on any atom is -0.378 e. The Kier molecular flexibility index (Phi) is 2.61. The molecule has 2 nitrogen and oxygen atoms in total. The maximum atomic E-state index is 11.6. The number of hydrogen-bond acceptors (Lipinski definition) is 2. The van der Waals surface area contributed by atoms with Crippen LogP contribution in [0, 0.1) is 0 Å². The van der Waals surface area contributed by atoms with Crippen LogP contribution >= 0.6 is 0 Å². The average molecular weight is 204 g/mol. The second-order valence-electron chi connectivity index (χ2n) is 4.18. The van der Waals surface area contributed by atoms with Crippen molar-refractivity contribution in [3.63, 3.8) is 0 Å². The molecule has 1 aromatic carbocycles. The van der Waals surface area contributed by atoms with E-state index in [4.69, 9.17) is 4.74 Å². The summed E-state index contributed by atoms with van der Waals surface area (Å²) in [6.45, 7) is 4.85. The summed E-state index contributed by atoms with van der Waals surface area (Å²) in [4.78, 5) is 11.6. The third kappa shape index (κ3) is 1.59. The van der Waals surface area contributed by atoms with Gasteiger partial charge < -0.3 is 4.74 Å². The van der Waals surface area contributed by atoms with Crippen molar-refractivity contribution in [1.82, 2.24) is 0 Å². The van der Waals surface area contributed by atoms with Gasteiger partial charge in [-0.3, -0.25) is 4.79 Å². The second-order valence-corrected chi connectivity index (χ2v) is 4.18. The predicted molar refractivity (Wildman–Crippen MR) is 59.0 cm³/mol. The molecular formula is C13H16O2. The van der Waals surface area contributed by atoms with Crippen molar-refractivity contribution in [3.8, 4) is 0 Å². The standard InChI is InChI=1S/C13H16O2/c1-3-11-4-6-12(7-5-11)13(10(2)14)8-15-9-13/h4-7H,3,8-9H2,1-2H3. The van der Waals surface area contributed by atoms with Crippen LogP contribution < -0.4 is 0 Å². The Labute approximate surface area is 90.3 Å². The number of carbonyl (C=O) groups excluding carboxylic acids is 1. The lowest BCUT2D eigenvalue weighted by molar-refractivity contribution is -0.140. The highest BCUT2D eigenvalue weighted by molar-refractivity contribution is 5.89. The normalized spacial score (nSPS) is 18.3. The molecule has 0 aliphatic carbocycles. The number of ketones is 1. The molecule has 1 aliphatic rings. The van der Waals surface area contributed by atoms with Gasteiger partial charge in [-0.2, -0.15) is 0 Å². The van der Waals surface area contributed by atoms with Crippen LogP contribution in [-0.4, -0.2) is 19.0 Å². The molecule has 15 heavy (non-hydrogen) atoms. The van der Waals surface area contributed by atoms with E-state index in [-0.39, 0.29) is 11.2 Å². The van der Waals surface area contributed by atoms with E-state index in [1.54, 1.807) is 6.92 Å². The van der Waals surface area contributed by atoms with Crippen LogP contribution in [0.2, 0.25) is 0 Å². The fraction of sp³-hybridized carbons (Fsp3) is 0.462. The summed E-state index contributed by atoms with van der Waals surface area (Å²) in [6.07, 6.45) is 1.03. The third-order valence-corrected chi connectivity index (χ3v) is 3.29. The Balaban J connectivity index is 2.31. The molecule has 80 valence electrons. The van der Waals surface area contributed by atoms with Crippen molar-refractivity contribution in [1.29, 1.82) is 0 Å². The van der Waals surface area contributed by atoms with Gasteiger partial charge in [0.1, 0.15) is 11.2 Å². The van der Waals surface area contributed by atoms with Gasteiger partial charge in [0.25, 0.3) is 0 Å². The van der Waals surface area contributed by atoms with E-state index in [1.165, 1.54) is 5.56 Å². The fourth-order valence-corrected chi connectivity index (χ4v) is 1.94. The molecule has 2 heteroatoms. The minimum absolute atomic E-state index is 0.206. The lowest BCUT2D eigenvalue weighted by Crippen LogP contribution is -2.52. The third-order valence-electron chi connectivity index (χ3n) is 3.29. The van der Waals surface area contributed by atoms with E-state index in [0.717, 1.165) is 12.0 Å². The van der Waals surface area contributed by atoms with Crippen molar-refractivity contribution in [2.24, 2.45) is 0 Å². The molecule has 0 unspecified atom stereocenters. The average Bonchev–Trinajstić information content (AvgIpc) is 2.16. The monoisotopic (exact) mass is 204 g/mol. The van der Waals surface area contributed by atoms with Crippen LogP contribution in [0.25, 0.3) is 0 Å². The summed E-state index contributed by atoms with van der Waals surface area (Å²) >= 11 is 0. The van der Waals surface area contributed by atoms with Crippen LogP contribution in [0.4, 0.5) is 0 Å². The van der Waals surface area contributed by atoms with E-state index < -0.39 is 0 Å². The predicted octanol–water partition coefficient (Wildman–Crippen LogP) is 2.11. The number of carbonyl (C=O) groups is 1. The molecular weight excluding hydrogens is 188 g/mol. The van der Waals surface area contributed by atoms with E-state index >= 15 is 0 Å². The Morgan fingerprint density at radius 1 is 1.33 bits per heavy atom. The first-order chi connectivity index (χ1) is 7.19. The maximum Gasteiger partial charge on any atom is 0.145 e. The molecule has 0 bridgehead atoms. The van der Waals surface area contributed by atoms with Crippen molar-refractivity contribution in [3.05, 3.63) is 35.4 Å². The van der Waals surface area contributed by atoms with Gasteiger partial charge in [0.2, 0.25) is 0 Å². The van der Waals surface area contributed by atoms with Crippen molar-refractivity contribution in [2.45, 2.75) is 25.7 Å². The Bertz CT molecular complexity index is 361. The van der Waals surface area contributed by atoms with Gasteiger partial charge >= 0.3 is 0 Å². The van der Waals surface area contributed by atoms with Crippen molar-refractivity contribution in [2.75, 3.05) is 13.2 Å². The largest absolute Gasteiger partial charge is 0.378 e. The first-order valence-corrected chi connectivity index (χ1v) is 5.37. The van der Waals surface area contributed by atoms with Gasteiger partial charge in [0.05, 0.1) is 13.2 Å². The number of aryl methyl sites for hydroxylation is 1. The zero-order valence-electron chi connectivity index (χ0n) is 9.25. The molecule has 0 spiro atoms. The van der Waals surface area contributed by atoms with Crippen LogP contribution in [-0.2, 0) is 21.4 Å². The smallest absolute Gasteiger partial charge is 0.145 e. The SMILES string of the molecule is CCc1ccc(C2(C(C)=O)COC2)cc1. The second kappa shape index (κ2) is 3.78. The molecule has 1 heterocycles. The van der Waals surface area contributed by atoms with E-state index in [1.807, 2.05) is 0 Å². The fourth-order valence-electron chi connectivity index (χ4n) is 1.94. The van der Waals surface area contributed by atoms with Crippen LogP contribution in [0.5, 0.6) is 0 Å². The number of ether oxygens (including phenoxy) is 1. The zero-order chi connectivity index (χ0) is 10.9. The number of benzene rings is 1. The van der Waals surface area contributed by atoms with Gasteiger partial charge in [-0.1, -0.05) is 31.2 Å². The summed E-state index contributed by atoms with van der Waals surface area (Å²) in [5.74, 6) is 0.206. The molecule has 0 aromatic heterocycles. The highest BCUT2D eigenvalue weighted by Gasteiger charge is 2.44. The van der Waals surface area contributed by atoms with Gasteiger partial charge in [-0.25, -0.2) is 0 Å². The molecule has 1 aliphatic heterocycles. The topological polar surface area (TPSA) is 26.3 Å². The van der Waals surface area contributed by atoms with E-state index in [9.17, 15) is 4.79 Å².